The van der Waals surface area contributed by atoms with E-state index in [-0.39, 0.29) is 23.6 Å². The number of carboxylic acids is 1. The molecule has 1 aliphatic rings. The van der Waals surface area contributed by atoms with Crippen LogP contribution in [0.2, 0.25) is 0 Å². The Bertz CT molecular complexity index is 385. The molecule has 1 heterocycles. The highest BCUT2D eigenvalue weighted by Gasteiger charge is 2.30. The molecule has 1 amide bonds. The minimum atomic E-state index is -0.783. The van der Waals surface area contributed by atoms with Gasteiger partial charge < -0.3 is 14.8 Å². The summed E-state index contributed by atoms with van der Waals surface area (Å²) in [6.45, 7) is 0. The SMILES string of the molecule is O=C(N[C@@H]1CC[C@H](C(=O)O)C1)c1ccco1. The van der Waals surface area contributed by atoms with Gasteiger partial charge in [0.15, 0.2) is 5.76 Å². The number of hydrogen-bond donors (Lipinski definition) is 2. The zero-order valence-corrected chi connectivity index (χ0v) is 8.68. The van der Waals surface area contributed by atoms with Crippen molar-refractivity contribution in [3.05, 3.63) is 24.2 Å². The molecule has 0 saturated heterocycles. The Morgan fingerprint density at radius 2 is 2.25 bits per heavy atom. The molecule has 0 aromatic carbocycles. The van der Waals surface area contributed by atoms with Crippen molar-refractivity contribution >= 4 is 11.9 Å². The molecule has 1 aromatic heterocycles. The average molecular weight is 223 g/mol. The fourth-order valence-corrected chi connectivity index (χ4v) is 2.00. The third kappa shape index (κ3) is 2.24. The maximum absolute atomic E-state index is 11.6. The van der Waals surface area contributed by atoms with Gasteiger partial charge in [0.25, 0.3) is 5.91 Å². The van der Waals surface area contributed by atoms with E-state index < -0.39 is 5.97 Å². The molecule has 0 aliphatic heterocycles. The van der Waals surface area contributed by atoms with Gasteiger partial charge in [0, 0.05) is 6.04 Å². The molecule has 1 fully saturated rings. The molecule has 0 bridgehead atoms. The van der Waals surface area contributed by atoms with Gasteiger partial charge >= 0.3 is 5.97 Å². The van der Waals surface area contributed by atoms with E-state index in [9.17, 15) is 9.59 Å². The molecule has 5 nitrogen and oxygen atoms in total. The smallest absolute Gasteiger partial charge is 0.306 e. The normalized spacial score (nSPS) is 24.2. The first-order valence-electron chi connectivity index (χ1n) is 5.24. The maximum Gasteiger partial charge on any atom is 0.306 e. The lowest BCUT2D eigenvalue weighted by atomic mass is 10.1. The first-order valence-corrected chi connectivity index (χ1v) is 5.24. The summed E-state index contributed by atoms with van der Waals surface area (Å²) in [5, 5.41) is 11.6. The third-order valence-corrected chi connectivity index (χ3v) is 2.86. The van der Waals surface area contributed by atoms with Crippen molar-refractivity contribution in [1.29, 1.82) is 0 Å². The summed E-state index contributed by atoms with van der Waals surface area (Å²) >= 11 is 0. The van der Waals surface area contributed by atoms with Crippen molar-refractivity contribution in [1.82, 2.24) is 5.32 Å². The molecule has 16 heavy (non-hydrogen) atoms. The van der Waals surface area contributed by atoms with Gasteiger partial charge in [0.2, 0.25) is 0 Å². The Morgan fingerprint density at radius 3 is 2.81 bits per heavy atom. The fourth-order valence-electron chi connectivity index (χ4n) is 2.00. The Kier molecular flexibility index (Phi) is 2.94. The van der Waals surface area contributed by atoms with Crippen LogP contribution in [0.3, 0.4) is 0 Å². The van der Waals surface area contributed by atoms with Gasteiger partial charge in [-0.15, -0.1) is 0 Å². The number of aliphatic carboxylic acids is 1. The molecule has 0 unspecified atom stereocenters. The molecule has 2 N–H and O–H groups in total. The lowest BCUT2D eigenvalue weighted by Gasteiger charge is -2.10. The summed E-state index contributed by atoms with van der Waals surface area (Å²) in [5.41, 5.74) is 0. The number of carbonyl (C=O) groups excluding carboxylic acids is 1. The summed E-state index contributed by atoms with van der Waals surface area (Å²) in [5.74, 6) is -1.13. The Morgan fingerprint density at radius 1 is 1.44 bits per heavy atom. The van der Waals surface area contributed by atoms with Crippen LogP contribution in [0.15, 0.2) is 22.8 Å². The Balaban J connectivity index is 1.88. The number of amides is 1. The summed E-state index contributed by atoms with van der Waals surface area (Å²) in [4.78, 5) is 22.3. The predicted octanol–water partition coefficient (Wildman–Crippen LogP) is 1.26. The van der Waals surface area contributed by atoms with E-state index in [4.69, 9.17) is 9.52 Å². The number of carboxylic acid groups (broad SMARTS) is 1. The average Bonchev–Trinajstić information content (AvgIpc) is 2.87. The van der Waals surface area contributed by atoms with Crippen LogP contribution in [-0.4, -0.2) is 23.0 Å². The Labute approximate surface area is 92.4 Å². The van der Waals surface area contributed by atoms with E-state index >= 15 is 0 Å². The number of carbonyl (C=O) groups is 2. The first kappa shape index (κ1) is 10.7. The highest BCUT2D eigenvalue weighted by molar-refractivity contribution is 5.91. The van der Waals surface area contributed by atoms with Crippen molar-refractivity contribution in [2.75, 3.05) is 0 Å². The van der Waals surface area contributed by atoms with Gasteiger partial charge in [-0.2, -0.15) is 0 Å². The van der Waals surface area contributed by atoms with Crippen LogP contribution in [-0.2, 0) is 4.79 Å². The van der Waals surface area contributed by atoms with E-state index in [0.717, 1.165) is 0 Å². The predicted molar refractivity (Wildman–Crippen MR) is 54.9 cm³/mol. The van der Waals surface area contributed by atoms with Crippen LogP contribution in [0.5, 0.6) is 0 Å². The first-order chi connectivity index (χ1) is 7.66. The summed E-state index contributed by atoms with van der Waals surface area (Å²) < 4.78 is 4.95. The minimum Gasteiger partial charge on any atom is -0.481 e. The fraction of sp³-hybridized carbons (Fsp3) is 0.455. The van der Waals surface area contributed by atoms with Gasteiger partial charge in [0.1, 0.15) is 0 Å². The largest absolute Gasteiger partial charge is 0.481 e. The van der Waals surface area contributed by atoms with E-state index in [2.05, 4.69) is 5.32 Å². The van der Waals surface area contributed by atoms with Crippen LogP contribution in [0.25, 0.3) is 0 Å². The standard InChI is InChI=1S/C11H13NO4/c13-10(9-2-1-5-16-9)12-8-4-3-7(6-8)11(14)15/h1-2,5,7-8H,3-4,6H2,(H,12,13)(H,14,15)/t7-,8+/m0/s1. The van der Waals surface area contributed by atoms with Crippen LogP contribution < -0.4 is 5.32 Å². The number of hydrogen-bond acceptors (Lipinski definition) is 3. The van der Waals surface area contributed by atoms with E-state index in [0.29, 0.717) is 19.3 Å². The van der Waals surface area contributed by atoms with Crippen LogP contribution in [0.4, 0.5) is 0 Å². The second-order valence-electron chi connectivity index (χ2n) is 4.00. The highest BCUT2D eigenvalue weighted by atomic mass is 16.4. The van der Waals surface area contributed by atoms with Crippen molar-refractivity contribution in [3.63, 3.8) is 0 Å². The molecular weight excluding hydrogens is 210 g/mol. The topological polar surface area (TPSA) is 79.5 Å². The lowest BCUT2D eigenvalue weighted by Crippen LogP contribution is -2.33. The second-order valence-corrected chi connectivity index (χ2v) is 4.00. The minimum absolute atomic E-state index is 0.0568. The van der Waals surface area contributed by atoms with Crippen LogP contribution >= 0.6 is 0 Å². The Hall–Kier alpha value is -1.78. The number of nitrogens with one attached hydrogen (secondary N) is 1. The van der Waals surface area contributed by atoms with E-state index in [1.54, 1.807) is 12.1 Å². The van der Waals surface area contributed by atoms with E-state index in [1.807, 2.05) is 0 Å². The zero-order valence-electron chi connectivity index (χ0n) is 8.68. The molecule has 5 heteroatoms. The zero-order chi connectivity index (χ0) is 11.5. The molecule has 1 aromatic rings. The maximum atomic E-state index is 11.6. The van der Waals surface area contributed by atoms with Gasteiger partial charge in [0.05, 0.1) is 12.2 Å². The molecule has 2 rings (SSSR count). The van der Waals surface area contributed by atoms with Crippen LogP contribution in [0, 0.1) is 5.92 Å². The number of furan rings is 1. The summed E-state index contributed by atoms with van der Waals surface area (Å²) in [7, 11) is 0. The molecule has 1 saturated carbocycles. The van der Waals surface area contributed by atoms with Gasteiger partial charge in [-0.05, 0) is 31.4 Å². The van der Waals surface area contributed by atoms with Crippen molar-refractivity contribution < 1.29 is 19.1 Å². The third-order valence-electron chi connectivity index (χ3n) is 2.86. The second kappa shape index (κ2) is 4.38. The molecule has 2 atom stereocenters. The monoisotopic (exact) mass is 223 g/mol. The van der Waals surface area contributed by atoms with E-state index in [1.165, 1.54) is 6.26 Å². The molecule has 86 valence electrons. The molecular formula is C11H13NO4. The van der Waals surface area contributed by atoms with Crippen molar-refractivity contribution in [2.45, 2.75) is 25.3 Å². The van der Waals surface area contributed by atoms with Gasteiger partial charge in [-0.1, -0.05) is 0 Å². The van der Waals surface area contributed by atoms with Gasteiger partial charge in [-0.3, -0.25) is 9.59 Å². The number of rotatable bonds is 3. The van der Waals surface area contributed by atoms with Crippen molar-refractivity contribution in [2.24, 2.45) is 5.92 Å². The summed E-state index contributed by atoms with van der Waals surface area (Å²) in [6.07, 6.45) is 3.27. The van der Waals surface area contributed by atoms with Gasteiger partial charge in [-0.25, -0.2) is 0 Å². The summed E-state index contributed by atoms with van der Waals surface area (Å²) in [6, 6.07) is 3.17. The molecule has 0 radical (unpaired) electrons. The molecule has 1 aliphatic carbocycles. The quantitative estimate of drug-likeness (QED) is 0.808. The lowest BCUT2D eigenvalue weighted by molar-refractivity contribution is -0.141. The van der Waals surface area contributed by atoms with Crippen LogP contribution in [0.1, 0.15) is 29.8 Å². The molecule has 0 spiro atoms. The highest BCUT2D eigenvalue weighted by Crippen LogP contribution is 2.25. The van der Waals surface area contributed by atoms with Crippen molar-refractivity contribution in [3.8, 4) is 0 Å².